The molecule has 2 aliphatic rings. The van der Waals surface area contributed by atoms with Crippen molar-refractivity contribution in [2.45, 2.75) is 49.3 Å². The van der Waals surface area contributed by atoms with Crippen molar-refractivity contribution < 1.29 is 34.8 Å². The number of benzene rings is 2. The highest BCUT2D eigenvalue weighted by molar-refractivity contribution is 6.04. The van der Waals surface area contributed by atoms with E-state index in [0.717, 1.165) is 16.8 Å². The van der Waals surface area contributed by atoms with Crippen LogP contribution >= 0.6 is 0 Å². The van der Waals surface area contributed by atoms with Crippen molar-refractivity contribution in [2.75, 3.05) is 11.4 Å². The Kier molecular flexibility index (Phi) is 6.06. The summed E-state index contributed by atoms with van der Waals surface area (Å²) in [6.45, 7) is 0.626. The number of β-lactam (4-membered cyclic amide) rings is 1. The van der Waals surface area contributed by atoms with Gasteiger partial charge in [-0.1, -0.05) is 42.5 Å². The fourth-order valence-corrected chi connectivity index (χ4v) is 4.13. The number of aliphatic hydroxyl groups excluding tert-OH is 3. The smallest absolute Gasteiger partial charge is 0.335 e. The minimum absolute atomic E-state index is 0.0601. The Bertz CT molecular complexity index is 933. The number of amides is 1. The SMILES string of the molecule is O=C(O)[C@@H]1O[C@@H](CCc2ccc(C3CN(c4ccccc4)C3=O)cc2)[C@H](O)[C@@H](O)[C@@H]1O. The topological polar surface area (TPSA) is 128 Å². The van der Waals surface area contributed by atoms with Crippen molar-refractivity contribution in [2.24, 2.45) is 0 Å². The van der Waals surface area contributed by atoms with Crippen molar-refractivity contribution in [3.8, 4) is 0 Å². The lowest BCUT2D eigenvalue weighted by atomic mass is 9.88. The number of carbonyl (C=O) groups is 2. The van der Waals surface area contributed by atoms with Crippen molar-refractivity contribution >= 4 is 17.6 Å². The van der Waals surface area contributed by atoms with E-state index in [2.05, 4.69) is 0 Å². The number of aliphatic carboxylic acids is 1. The van der Waals surface area contributed by atoms with Crippen LogP contribution in [0.2, 0.25) is 0 Å². The third kappa shape index (κ3) is 4.20. The van der Waals surface area contributed by atoms with Gasteiger partial charge in [-0.05, 0) is 36.1 Å². The highest BCUT2D eigenvalue weighted by Gasteiger charge is 2.46. The maximum absolute atomic E-state index is 12.5. The number of aliphatic hydroxyl groups is 3. The first-order chi connectivity index (χ1) is 14.9. The van der Waals surface area contributed by atoms with Crippen LogP contribution < -0.4 is 4.90 Å². The predicted molar refractivity (Wildman–Crippen MR) is 111 cm³/mol. The van der Waals surface area contributed by atoms with E-state index < -0.39 is 36.5 Å². The number of hydrogen-bond acceptors (Lipinski definition) is 6. The number of carboxylic acids is 1. The van der Waals surface area contributed by atoms with E-state index >= 15 is 0 Å². The number of hydrogen-bond donors (Lipinski definition) is 4. The van der Waals surface area contributed by atoms with Crippen molar-refractivity contribution in [3.05, 3.63) is 65.7 Å². The maximum Gasteiger partial charge on any atom is 0.335 e. The molecule has 0 spiro atoms. The highest BCUT2D eigenvalue weighted by Crippen LogP contribution is 2.33. The quantitative estimate of drug-likeness (QED) is 0.499. The molecule has 0 aliphatic carbocycles. The van der Waals surface area contributed by atoms with Crippen LogP contribution in [0.5, 0.6) is 0 Å². The van der Waals surface area contributed by atoms with Crippen LogP contribution in [0.25, 0.3) is 0 Å². The highest BCUT2D eigenvalue weighted by atomic mass is 16.6. The van der Waals surface area contributed by atoms with Gasteiger partial charge in [-0.25, -0.2) is 4.79 Å². The molecule has 2 fully saturated rings. The van der Waals surface area contributed by atoms with Crippen LogP contribution in [0.4, 0.5) is 5.69 Å². The zero-order valence-corrected chi connectivity index (χ0v) is 16.7. The van der Waals surface area contributed by atoms with Gasteiger partial charge in [0.25, 0.3) is 0 Å². The van der Waals surface area contributed by atoms with Crippen molar-refractivity contribution in [1.82, 2.24) is 0 Å². The number of carbonyl (C=O) groups excluding carboxylic acids is 1. The molecule has 2 aliphatic heterocycles. The van der Waals surface area contributed by atoms with Crippen LogP contribution in [0.3, 0.4) is 0 Å². The molecule has 31 heavy (non-hydrogen) atoms. The summed E-state index contributed by atoms with van der Waals surface area (Å²) in [6.07, 6.45) is -6.38. The molecule has 8 nitrogen and oxygen atoms in total. The minimum Gasteiger partial charge on any atom is -0.479 e. The second-order valence-electron chi connectivity index (χ2n) is 8.02. The van der Waals surface area contributed by atoms with Crippen LogP contribution in [-0.2, 0) is 20.7 Å². The van der Waals surface area contributed by atoms with E-state index in [4.69, 9.17) is 9.84 Å². The number of anilines is 1. The number of ether oxygens (including phenoxy) is 1. The lowest BCUT2D eigenvalue weighted by Gasteiger charge is -2.39. The fraction of sp³-hybridized carbons (Fsp3) is 0.391. The molecule has 4 N–H and O–H groups in total. The number of para-hydroxylation sites is 1. The zero-order chi connectivity index (χ0) is 22.1. The predicted octanol–water partition coefficient (Wildman–Crippen LogP) is 0.684. The summed E-state index contributed by atoms with van der Waals surface area (Å²) in [5, 5.41) is 38.9. The van der Waals surface area contributed by atoms with Gasteiger partial charge in [0.2, 0.25) is 5.91 Å². The molecule has 164 valence electrons. The molecule has 0 saturated carbocycles. The molecule has 0 radical (unpaired) electrons. The normalized spacial score (nSPS) is 30.7. The third-order valence-corrected chi connectivity index (χ3v) is 6.05. The van der Waals surface area contributed by atoms with Crippen LogP contribution in [0, 0.1) is 0 Å². The molecule has 1 unspecified atom stereocenters. The Labute approximate surface area is 179 Å². The average Bonchev–Trinajstić information content (AvgIpc) is 2.77. The fourth-order valence-electron chi connectivity index (χ4n) is 4.13. The van der Waals surface area contributed by atoms with Gasteiger partial charge < -0.3 is 30.1 Å². The van der Waals surface area contributed by atoms with Gasteiger partial charge in [-0.3, -0.25) is 4.79 Å². The van der Waals surface area contributed by atoms with E-state index in [-0.39, 0.29) is 18.2 Å². The van der Waals surface area contributed by atoms with Gasteiger partial charge in [0.1, 0.15) is 18.3 Å². The summed E-state index contributed by atoms with van der Waals surface area (Å²) in [5.41, 5.74) is 2.75. The summed E-state index contributed by atoms with van der Waals surface area (Å²) in [7, 11) is 0. The van der Waals surface area contributed by atoms with Crippen LogP contribution in [-0.4, -0.2) is 69.4 Å². The van der Waals surface area contributed by atoms with Gasteiger partial charge in [-0.15, -0.1) is 0 Å². The lowest BCUT2D eigenvalue weighted by molar-refractivity contribution is -0.228. The summed E-state index contributed by atoms with van der Waals surface area (Å²) in [5.74, 6) is -1.50. The molecular formula is C23H25NO7. The summed E-state index contributed by atoms with van der Waals surface area (Å²) in [4.78, 5) is 25.5. The van der Waals surface area contributed by atoms with Gasteiger partial charge in [0.05, 0.1) is 12.0 Å². The first-order valence-electron chi connectivity index (χ1n) is 10.2. The van der Waals surface area contributed by atoms with Crippen LogP contribution in [0.1, 0.15) is 23.5 Å². The number of aryl methyl sites for hydroxylation is 1. The third-order valence-electron chi connectivity index (χ3n) is 6.05. The van der Waals surface area contributed by atoms with E-state index in [0.29, 0.717) is 13.0 Å². The van der Waals surface area contributed by atoms with E-state index in [9.17, 15) is 24.9 Å². The molecule has 4 rings (SSSR count). The van der Waals surface area contributed by atoms with Gasteiger partial charge in [0, 0.05) is 12.2 Å². The lowest BCUT2D eigenvalue weighted by Crippen LogP contribution is -2.59. The molecule has 2 saturated heterocycles. The Morgan fingerprint density at radius 3 is 2.26 bits per heavy atom. The number of rotatable bonds is 6. The average molecular weight is 427 g/mol. The summed E-state index contributed by atoms with van der Waals surface area (Å²) < 4.78 is 5.31. The summed E-state index contributed by atoms with van der Waals surface area (Å²) in [6, 6.07) is 17.1. The first-order valence-corrected chi connectivity index (χ1v) is 10.2. The Morgan fingerprint density at radius 2 is 1.65 bits per heavy atom. The van der Waals surface area contributed by atoms with E-state index in [1.807, 2.05) is 54.6 Å². The Balaban J connectivity index is 1.34. The zero-order valence-electron chi connectivity index (χ0n) is 16.7. The second-order valence-corrected chi connectivity index (χ2v) is 8.02. The van der Waals surface area contributed by atoms with Crippen molar-refractivity contribution in [3.63, 3.8) is 0 Å². The Hall–Kier alpha value is -2.78. The minimum atomic E-state index is -1.68. The first kappa shape index (κ1) is 21.5. The molecule has 2 aromatic rings. The standard InChI is InChI=1S/C23H25NO7/c25-18-17(31-21(23(29)30)20(27)19(18)26)11-8-13-6-9-14(10-7-13)16-12-24(22(16)28)15-4-2-1-3-5-15/h1-7,9-10,16-21,25-27H,8,11-12H2,(H,29,30)/t16?,17-,18-,19+,20-,21+/m0/s1. The second kappa shape index (κ2) is 8.76. The monoisotopic (exact) mass is 427 g/mol. The Morgan fingerprint density at radius 1 is 0.968 bits per heavy atom. The molecule has 8 heteroatoms. The van der Waals surface area contributed by atoms with E-state index in [1.54, 1.807) is 4.90 Å². The molecule has 0 aromatic heterocycles. The van der Waals surface area contributed by atoms with Crippen LogP contribution in [0.15, 0.2) is 54.6 Å². The van der Waals surface area contributed by atoms with E-state index in [1.165, 1.54) is 0 Å². The molecular weight excluding hydrogens is 402 g/mol. The van der Waals surface area contributed by atoms with Gasteiger partial charge in [0.15, 0.2) is 6.10 Å². The molecule has 2 heterocycles. The van der Waals surface area contributed by atoms with Crippen molar-refractivity contribution in [1.29, 1.82) is 0 Å². The molecule has 6 atom stereocenters. The number of nitrogens with zero attached hydrogens (tertiary/aromatic N) is 1. The largest absolute Gasteiger partial charge is 0.479 e. The molecule has 2 aromatic carbocycles. The van der Waals surface area contributed by atoms with Gasteiger partial charge in [-0.2, -0.15) is 0 Å². The summed E-state index contributed by atoms with van der Waals surface area (Å²) >= 11 is 0. The number of carboxylic acid groups (broad SMARTS) is 1. The maximum atomic E-state index is 12.5. The molecule has 0 bridgehead atoms. The van der Waals surface area contributed by atoms with Gasteiger partial charge >= 0.3 is 5.97 Å². The molecule has 1 amide bonds.